The lowest BCUT2D eigenvalue weighted by Gasteiger charge is -2.23. The highest BCUT2D eigenvalue weighted by atomic mass is 35.7. The molecule has 0 bridgehead atoms. The maximum atomic E-state index is 10.7. The van der Waals surface area contributed by atoms with Gasteiger partial charge in [0.25, 0.3) is 0 Å². The maximum Gasteiger partial charge on any atom is 0.236 e. The fraction of sp³-hybridized carbons (Fsp3) is 0.750. The van der Waals surface area contributed by atoms with Gasteiger partial charge in [0.1, 0.15) is 0 Å². The van der Waals surface area contributed by atoms with Crippen LogP contribution in [0.3, 0.4) is 0 Å². The lowest BCUT2D eigenvalue weighted by atomic mass is 9.96. The molecule has 0 N–H and O–H groups in total. The second-order valence-corrected chi connectivity index (χ2v) is 6.03. The van der Waals surface area contributed by atoms with Gasteiger partial charge in [0.05, 0.1) is 12.4 Å². The topological polar surface area (TPSA) is 43.4 Å². The molecule has 1 rings (SSSR count). The SMILES string of the molecule is C=C(CS(=O)(=O)Cl)C1CCCOC1. The minimum absolute atomic E-state index is 0.136. The molecule has 0 spiro atoms. The minimum Gasteiger partial charge on any atom is -0.381 e. The van der Waals surface area contributed by atoms with Gasteiger partial charge in [0, 0.05) is 23.2 Å². The van der Waals surface area contributed by atoms with Crippen molar-refractivity contribution in [2.24, 2.45) is 5.92 Å². The van der Waals surface area contributed by atoms with Gasteiger partial charge in [-0.3, -0.25) is 0 Å². The predicted molar refractivity (Wildman–Crippen MR) is 52.3 cm³/mol. The Morgan fingerprint density at radius 3 is 2.77 bits per heavy atom. The van der Waals surface area contributed by atoms with Crippen molar-refractivity contribution in [3.05, 3.63) is 12.2 Å². The van der Waals surface area contributed by atoms with Gasteiger partial charge in [0.15, 0.2) is 0 Å². The van der Waals surface area contributed by atoms with Crippen LogP contribution in [0.1, 0.15) is 12.8 Å². The first-order chi connectivity index (χ1) is 5.99. The van der Waals surface area contributed by atoms with E-state index in [4.69, 9.17) is 15.4 Å². The van der Waals surface area contributed by atoms with Crippen LogP contribution in [0.2, 0.25) is 0 Å². The van der Waals surface area contributed by atoms with Crippen LogP contribution in [0, 0.1) is 5.92 Å². The van der Waals surface area contributed by atoms with Gasteiger partial charge in [-0.15, -0.1) is 0 Å². The zero-order valence-corrected chi connectivity index (χ0v) is 8.90. The first-order valence-corrected chi connectivity index (χ1v) is 6.64. The van der Waals surface area contributed by atoms with E-state index in [-0.39, 0.29) is 11.7 Å². The third-order valence-corrected chi connectivity index (χ3v) is 3.14. The van der Waals surface area contributed by atoms with E-state index in [0.29, 0.717) is 12.2 Å². The molecule has 0 radical (unpaired) electrons. The smallest absolute Gasteiger partial charge is 0.236 e. The van der Waals surface area contributed by atoms with Crippen molar-refractivity contribution in [2.45, 2.75) is 12.8 Å². The Morgan fingerprint density at radius 2 is 2.31 bits per heavy atom. The number of hydrogen-bond donors (Lipinski definition) is 0. The van der Waals surface area contributed by atoms with E-state index in [2.05, 4.69) is 6.58 Å². The van der Waals surface area contributed by atoms with Crippen LogP contribution in [0.15, 0.2) is 12.2 Å². The zero-order valence-electron chi connectivity index (χ0n) is 7.33. The van der Waals surface area contributed by atoms with Crippen molar-refractivity contribution in [2.75, 3.05) is 19.0 Å². The Bertz CT molecular complexity index is 278. The second kappa shape index (κ2) is 4.44. The molecular weight excluding hydrogens is 212 g/mol. The van der Waals surface area contributed by atoms with E-state index in [1.54, 1.807) is 0 Å². The molecule has 1 heterocycles. The number of rotatable bonds is 3. The third-order valence-electron chi connectivity index (χ3n) is 2.10. The number of halogens is 1. The molecule has 1 saturated heterocycles. The monoisotopic (exact) mass is 224 g/mol. The second-order valence-electron chi connectivity index (χ2n) is 3.26. The highest BCUT2D eigenvalue weighted by molar-refractivity contribution is 8.13. The largest absolute Gasteiger partial charge is 0.381 e. The first-order valence-electron chi connectivity index (χ1n) is 4.17. The quantitative estimate of drug-likeness (QED) is 0.540. The summed E-state index contributed by atoms with van der Waals surface area (Å²) in [6, 6.07) is 0. The summed E-state index contributed by atoms with van der Waals surface area (Å²) in [7, 11) is 1.66. The van der Waals surface area contributed by atoms with Crippen LogP contribution in [0.5, 0.6) is 0 Å². The van der Waals surface area contributed by atoms with E-state index in [1.165, 1.54) is 0 Å². The molecule has 0 aliphatic carbocycles. The lowest BCUT2D eigenvalue weighted by molar-refractivity contribution is 0.0676. The molecule has 1 fully saturated rings. The molecule has 13 heavy (non-hydrogen) atoms. The van der Waals surface area contributed by atoms with E-state index in [1.807, 2.05) is 0 Å². The Balaban J connectivity index is 2.47. The number of ether oxygens (including phenoxy) is 1. The molecule has 1 aliphatic rings. The summed E-state index contributed by atoms with van der Waals surface area (Å²) in [5.41, 5.74) is 0.662. The van der Waals surface area contributed by atoms with Crippen molar-refractivity contribution in [3.8, 4) is 0 Å². The van der Waals surface area contributed by atoms with Crippen molar-refractivity contribution >= 4 is 19.7 Å². The summed E-state index contributed by atoms with van der Waals surface area (Å²) in [6.45, 7) is 5.06. The molecule has 0 saturated carbocycles. The summed E-state index contributed by atoms with van der Waals surface area (Å²) >= 11 is 0. The van der Waals surface area contributed by atoms with Crippen molar-refractivity contribution in [1.82, 2.24) is 0 Å². The molecule has 76 valence electrons. The molecule has 0 amide bonds. The fourth-order valence-corrected chi connectivity index (χ4v) is 2.50. The Morgan fingerprint density at radius 1 is 1.62 bits per heavy atom. The van der Waals surface area contributed by atoms with Crippen LogP contribution in [-0.4, -0.2) is 27.4 Å². The summed E-state index contributed by atoms with van der Waals surface area (Å²) in [4.78, 5) is 0. The van der Waals surface area contributed by atoms with Crippen LogP contribution in [0.4, 0.5) is 0 Å². The molecule has 0 aromatic carbocycles. The van der Waals surface area contributed by atoms with Crippen LogP contribution in [-0.2, 0) is 13.8 Å². The summed E-state index contributed by atoms with van der Waals surface area (Å²) in [5, 5.41) is 0. The van der Waals surface area contributed by atoms with Gasteiger partial charge in [-0.25, -0.2) is 8.42 Å². The van der Waals surface area contributed by atoms with E-state index < -0.39 is 9.05 Å². The molecule has 3 nitrogen and oxygen atoms in total. The minimum atomic E-state index is -3.46. The highest BCUT2D eigenvalue weighted by Gasteiger charge is 2.20. The van der Waals surface area contributed by atoms with E-state index in [0.717, 1.165) is 19.4 Å². The van der Waals surface area contributed by atoms with Gasteiger partial charge in [-0.2, -0.15) is 0 Å². The lowest BCUT2D eigenvalue weighted by Crippen LogP contribution is -2.21. The molecule has 1 atom stereocenters. The Hall–Kier alpha value is -0.0600. The maximum absolute atomic E-state index is 10.7. The van der Waals surface area contributed by atoms with Gasteiger partial charge in [-0.05, 0) is 12.8 Å². The average Bonchev–Trinajstić information content (AvgIpc) is 2.03. The summed E-state index contributed by atoms with van der Waals surface area (Å²) in [6.07, 6.45) is 1.91. The van der Waals surface area contributed by atoms with Crippen molar-refractivity contribution < 1.29 is 13.2 Å². The molecule has 0 aromatic heterocycles. The van der Waals surface area contributed by atoms with Crippen LogP contribution in [0.25, 0.3) is 0 Å². The van der Waals surface area contributed by atoms with Crippen molar-refractivity contribution in [1.29, 1.82) is 0 Å². The normalized spacial score (nSPS) is 24.2. The third kappa shape index (κ3) is 4.11. The van der Waals surface area contributed by atoms with Crippen LogP contribution < -0.4 is 0 Å². The van der Waals surface area contributed by atoms with Crippen LogP contribution >= 0.6 is 10.7 Å². The average molecular weight is 225 g/mol. The molecular formula is C8H13ClO3S. The Kier molecular flexibility index (Phi) is 3.76. The first kappa shape index (κ1) is 11.0. The van der Waals surface area contributed by atoms with E-state index in [9.17, 15) is 8.42 Å². The van der Waals surface area contributed by atoms with E-state index >= 15 is 0 Å². The Labute approximate surface area is 83.1 Å². The molecule has 5 heteroatoms. The highest BCUT2D eigenvalue weighted by Crippen LogP contribution is 2.22. The number of hydrogen-bond acceptors (Lipinski definition) is 3. The van der Waals surface area contributed by atoms with Gasteiger partial charge >= 0.3 is 0 Å². The summed E-state index contributed by atoms with van der Waals surface area (Å²) < 4.78 is 26.7. The molecule has 1 unspecified atom stereocenters. The fourth-order valence-electron chi connectivity index (χ4n) is 1.40. The summed E-state index contributed by atoms with van der Waals surface area (Å²) in [5.74, 6) is 0.0186. The molecule has 1 aliphatic heterocycles. The van der Waals surface area contributed by atoms with Gasteiger partial charge < -0.3 is 4.74 Å². The zero-order chi connectivity index (χ0) is 9.90. The van der Waals surface area contributed by atoms with Gasteiger partial charge in [0.2, 0.25) is 9.05 Å². The molecule has 0 aromatic rings. The standard InChI is InChI=1S/C8H13ClO3S/c1-7(6-13(9,10)11)8-3-2-4-12-5-8/h8H,1-6H2. The predicted octanol–water partition coefficient (Wildman–Crippen LogP) is 1.54. The van der Waals surface area contributed by atoms with Crippen molar-refractivity contribution in [3.63, 3.8) is 0 Å². The van der Waals surface area contributed by atoms with Gasteiger partial charge in [-0.1, -0.05) is 12.2 Å².